The number of hydrogen-bond acceptors (Lipinski definition) is 3. The quantitative estimate of drug-likeness (QED) is 0.892. The van der Waals surface area contributed by atoms with Gasteiger partial charge in [-0.2, -0.15) is 0 Å². The van der Waals surface area contributed by atoms with Gasteiger partial charge in [-0.3, -0.25) is 9.88 Å². The number of hydrogen-bond donors (Lipinski definition) is 1. The fourth-order valence-electron chi connectivity index (χ4n) is 2.68. The van der Waals surface area contributed by atoms with Crippen LogP contribution in [-0.4, -0.2) is 34.7 Å². The lowest BCUT2D eigenvalue weighted by molar-refractivity contribution is 0.153. The predicted molar refractivity (Wildman–Crippen MR) is 73.6 cm³/mol. The molecule has 2 heterocycles. The zero-order valence-corrected chi connectivity index (χ0v) is 11.4. The standard InChI is InChI=1S/C14H21ClN2O/c15-14-5-6-16-9-13(14)11-17-7-1-3-12(10-17)4-2-8-18/h5-6,9,12,18H,1-4,7-8,10-11H2/t12-/m1/s1. The van der Waals surface area contributed by atoms with E-state index in [0.29, 0.717) is 6.61 Å². The SMILES string of the molecule is OCCC[C@H]1CCCN(Cc2cnccc2Cl)C1. The van der Waals surface area contributed by atoms with Crippen LogP contribution in [0.4, 0.5) is 0 Å². The van der Waals surface area contributed by atoms with Crippen LogP contribution in [-0.2, 0) is 6.54 Å². The van der Waals surface area contributed by atoms with Crippen molar-refractivity contribution in [3.8, 4) is 0 Å². The van der Waals surface area contributed by atoms with Gasteiger partial charge in [-0.05, 0) is 44.2 Å². The van der Waals surface area contributed by atoms with E-state index < -0.39 is 0 Å². The summed E-state index contributed by atoms with van der Waals surface area (Å²) >= 11 is 6.16. The Morgan fingerprint density at radius 2 is 2.39 bits per heavy atom. The maximum Gasteiger partial charge on any atom is 0.0481 e. The topological polar surface area (TPSA) is 36.4 Å². The zero-order chi connectivity index (χ0) is 12.8. The second-order valence-electron chi connectivity index (χ2n) is 5.08. The molecule has 1 fully saturated rings. The molecule has 100 valence electrons. The molecule has 0 unspecified atom stereocenters. The van der Waals surface area contributed by atoms with Crippen molar-refractivity contribution in [3.05, 3.63) is 29.0 Å². The van der Waals surface area contributed by atoms with E-state index in [1.54, 1.807) is 6.20 Å². The van der Waals surface area contributed by atoms with E-state index in [2.05, 4.69) is 9.88 Å². The van der Waals surface area contributed by atoms with Crippen molar-refractivity contribution in [2.45, 2.75) is 32.2 Å². The van der Waals surface area contributed by atoms with Crippen molar-refractivity contribution in [2.75, 3.05) is 19.7 Å². The summed E-state index contributed by atoms with van der Waals surface area (Å²) in [6.07, 6.45) is 8.18. The fourth-order valence-corrected chi connectivity index (χ4v) is 2.84. The van der Waals surface area contributed by atoms with Crippen LogP contribution in [0.2, 0.25) is 5.02 Å². The fraction of sp³-hybridized carbons (Fsp3) is 0.643. The van der Waals surface area contributed by atoms with Gasteiger partial charge in [0.25, 0.3) is 0 Å². The number of rotatable bonds is 5. The molecule has 18 heavy (non-hydrogen) atoms. The van der Waals surface area contributed by atoms with Crippen LogP contribution < -0.4 is 0 Å². The van der Waals surface area contributed by atoms with E-state index >= 15 is 0 Å². The molecule has 0 spiro atoms. The molecule has 1 aromatic rings. The number of piperidine rings is 1. The van der Waals surface area contributed by atoms with Gasteiger partial charge in [-0.15, -0.1) is 0 Å². The first-order valence-electron chi connectivity index (χ1n) is 6.71. The highest BCUT2D eigenvalue weighted by molar-refractivity contribution is 6.31. The first kappa shape index (κ1) is 13.8. The Kier molecular flexibility index (Phi) is 5.42. The Morgan fingerprint density at radius 1 is 1.50 bits per heavy atom. The molecule has 0 amide bonds. The number of aliphatic hydroxyl groups is 1. The maximum atomic E-state index is 8.90. The molecule has 1 aliphatic rings. The highest BCUT2D eigenvalue weighted by Crippen LogP contribution is 2.23. The molecule has 0 aromatic carbocycles. The normalized spacial score (nSPS) is 21.1. The lowest BCUT2D eigenvalue weighted by atomic mass is 9.93. The van der Waals surface area contributed by atoms with E-state index in [4.69, 9.17) is 16.7 Å². The molecule has 0 radical (unpaired) electrons. The van der Waals surface area contributed by atoms with Crippen molar-refractivity contribution in [1.82, 2.24) is 9.88 Å². The number of halogens is 1. The Morgan fingerprint density at radius 3 is 3.17 bits per heavy atom. The van der Waals surface area contributed by atoms with Crippen LogP contribution in [0.5, 0.6) is 0 Å². The largest absolute Gasteiger partial charge is 0.396 e. The highest BCUT2D eigenvalue weighted by atomic mass is 35.5. The molecule has 1 saturated heterocycles. The molecular weight excluding hydrogens is 248 g/mol. The van der Waals surface area contributed by atoms with Crippen LogP contribution in [0, 0.1) is 5.92 Å². The van der Waals surface area contributed by atoms with Crippen LogP contribution in [0.25, 0.3) is 0 Å². The highest BCUT2D eigenvalue weighted by Gasteiger charge is 2.20. The van der Waals surface area contributed by atoms with Crippen molar-refractivity contribution in [3.63, 3.8) is 0 Å². The second-order valence-corrected chi connectivity index (χ2v) is 5.48. The third-order valence-corrected chi connectivity index (χ3v) is 3.98. The molecule has 0 saturated carbocycles. The Balaban J connectivity index is 1.87. The molecule has 0 aliphatic carbocycles. The predicted octanol–water partition coefficient (Wildman–Crippen LogP) is 2.72. The molecule has 1 N–H and O–H groups in total. The molecule has 3 nitrogen and oxygen atoms in total. The number of likely N-dealkylation sites (tertiary alicyclic amines) is 1. The summed E-state index contributed by atoms with van der Waals surface area (Å²) in [7, 11) is 0. The van der Waals surface area contributed by atoms with Crippen molar-refractivity contribution in [2.24, 2.45) is 5.92 Å². The molecule has 4 heteroatoms. The Bertz CT molecular complexity index is 373. The number of aromatic nitrogens is 1. The average molecular weight is 269 g/mol. The minimum absolute atomic E-state index is 0.310. The van der Waals surface area contributed by atoms with Gasteiger partial charge in [-0.1, -0.05) is 11.6 Å². The van der Waals surface area contributed by atoms with Crippen LogP contribution in [0.15, 0.2) is 18.5 Å². The van der Waals surface area contributed by atoms with Gasteiger partial charge >= 0.3 is 0 Å². The molecule has 1 aliphatic heterocycles. The lowest BCUT2D eigenvalue weighted by Gasteiger charge is -2.32. The van der Waals surface area contributed by atoms with E-state index in [-0.39, 0.29) is 0 Å². The first-order valence-corrected chi connectivity index (χ1v) is 7.09. The monoisotopic (exact) mass is 268 g/mol. The van der Waals surface area contributed by atoms with Crippen molar-refractivity contribution < 1.29 is 5.11 Å². The summed E-state index contributed by atoms with van der Waals surface area (Å²) < 4.78 is 0. The molecule has 1 aromatic heterocycles. The molecule has 2 rings (SSSR count). The van der Waals surface area contributed by atoms with Crippen LogP contribution >= 0.6 is 11.6 Å². The molecular formula is C14H21ClN2O. The maximum absolute atomic E-state index is 8.90. The van der Waals surface area contributed by atoms with E-state index in [1.165, 1.54) is 12.8 Å². The second kappa shape index (κ2) is 7.07. The minimum atomic E-state index is 0.310. The first-order chi connectivity index (χ1) is 8.79. The number of nitrogens with zero attached hydrogens (tertiary/aromatic N) is 2. The summed E-state index contributed by atoms with van der Waals surface area (Å²) in [5.41, 5.74) is 1.11. The van der Waals surface area contributed by atoms with Crippen LogP contribution in [0.3, 0.4) is 0 Å². The van der Waals surface area contributed by atoms with Crippen molar-refractivity contribution in [1.29, 1.82) is 0 Å². The Hall–Kier alpha value is -0.640. The minimum Gasteiger partial charge on any atom is -0.396 e. The average Bonchev–Trinajstić information content (AvgIpc) is 2.40. The van der Waals surface area contributed by atoms with Gasteiger partial charge in [-0.25, -0.2) is 0 Å². The molecule has 0 bridgehead atoms. The van der Waals surface area contributed by atoms with E-state index in [0.717, 1.165) is 49.0 Å². The lowest BCUT2D eigenvalue weighted by Crippen LogP contribution is -2.35. The van der Waals surface area contributed by atoms with Gasteiger partial charge in [0.1, 0.15) is 0 Å². The summed E-state index contributed by atoms with van der Waals surface area (Å²) in [5.74, 6) is 0.723. The summed E-state index contributed by atoms with van der Waals surface area (Å²) in [4.78, 5) is 6.59. The smallest absolute Gasteiger partial charge is 0.0481 e. The van der Waals surface area contributed by atoms with Crippen molar-refractivity contribution >= 4 is 11.6 Å². The van der Waals surface area contributed by atoms with Gasteiger partial charge in [0.15, 0.2) is 0 Å². The summed E-state index contributed by atoms with van der Waals surface area (Å²) in [5, 5.41) is 9.70. The third kappa shape index (κ3) is 3.94. The molecule has 1 atom stereocenters. The third-order valence-electron chi connectivity index (χ3n) is 3.61. The van der Waals surface area contributed by atoms with Crippen LogP contribution in [0.1, 0.15) is 31.2 Å². The summed E-state index contributed by atoms with van der Waals surface area (Å²) in [6.45, 7) is 3.46. The zero-order valence-electron chi connectivity index (χ0n) is 10.7. The number of aliphatic hydroxyl groups excluding tert-OH is 1. The van der Waals surface area contributed by atoms with Gasteiger partial charge in [0, 0.05) is 42.7 Å². The summed E-state index contributed by atoms with van der Waals surface area (Å²) in [6, 6.07) is 1.85. The van der Waals surface area contributed by atoms with E-state index in [1.807, 2.05) is 12.3 Å². The number of pyridine rings is 1. The van der Waals surface area contributed by atoms with Gasteiger partial charge in [0.2, 0.25) is 0 Å². The van der Waals surface area contributed by atoms with Gasteiger partial charge in [0.05, 0.1) is 0 Å². The Labute approximate surface area is 114 Å². The van der Waals surface area contributed by atoms with Gasteiger partial charge < -0.3 is 5.11 Å². The van der Waals surface area contributed by atoms with E-state index in [9.17, 15) is 0 Å².